The van der Waals surface area contributed by atoms with Crippen molar-refractivity contribution in [3.05, 3.63) is 54.9 Å². The van der Waals surface area contributed by atoms with Crippen molar-refractivity contribution >= 4 is 54.9 Å². The topological polar surface area (TPSA) is 56.5 Å². The Hall–Kier alpha value is -2.29. The fourth-order valence-electron chi connectivity index (χ4n) is 2.36. The molecule has 0 spiro atoms. The molecule has 0 aliphatic heterocycles. The van der Waals surface area contributed by atoms with E-state index in [1.54, 1.807) is 33.7 Å². The van der Waals surface area contributed by atoms with Gasteiger partial charge in [-0.2, -0.15) is 9.78 Å². The minimum absolute atomic E-state index is 0.771. The van der Waals surface area contributed by atoms with Crippen molar-refractivity contribution < 1.29 is 0 Å². The molecule has 0 aliphatic carbocycles. The quantitative estimate of drug-likeness (QED) is 0.465. The third kappa shape index (κ3) is 2.39. The lowest BCUT2D eigenvalue weighted by Crippen LogP contribution is -1.97. The molecule has 2 aromatic carbocycles. The molecule has 0 aliphatic rings. The van der Waals surface area contributed by atoms with E-state index in [-0.39, 0.29) is 0 Å². The van der Waals surface area contributed by atoms with Gasteiger partial charge in [0, 0.05) is 0 Å². The summed E-state index contributed by atoms with van der Waals surface area (Å²) in [5.41, 5.74) is 1.99. The van der Waals surface area contributed by atoms with Crippen LogP contribution >= 0.6 is 34.4 Å². The molecule has 0 fully saturated rings. The van der Waals surface area contributed by atoms with Gasteiger partial charge in [0.2, 0.25) is 5.13 Å². The van der Waals surface area contributed by atoms with Gasteiger partial charge >= 0.3 is 0 Å². The number of aromatic nitrogens is 5. The highest BCUT2D eigenvalue weighted by Crippen LogP contribution is 2.35. The summed E-state index contributed by atoms with van der Waals surface area (Å²) in [6, 6.07) is 16.2. The monoisotopic (exact) mass is 367 g/mol. The third-order valence-electron chi connectivity index (χ3n) is 3.43. The highest BCUT2D eigenvalue weighted by atomic mass is 32.2. The van der Waals surface area contributed by atoms with Crippen LogP contribution in [0.15, 0.2) is 64.4 Å². The smallest absolute Gasteiger partial charge is 0.213 e. The lowest BCUT2D eigenvalue weighted by molar-refractivity contribution is 0.780. The predicted molar refractivity (Wildman–Crippen MR) is 98.3 cm³/mol. The lowest BCUT2D eigenvalue weighted by Gasteiger charge is -1.98. The molecule has 0 atom stereocenters. The summed E-state index contributed by atoms with van der Waals surface area (Å²) in [5, 5.41) is 5.93. The van der Waals surface area contributed by atoms with Crippen LogP contribution in [0.5, 0.6) is 0 Å². The lowest BCUT2D eigenvalue weighted by atomic mass is 10.3. The van der Waals surface area contributed by atoms with E-state index in [0.29, 0.717) is 0 Å². The van der Waals surface area contributed by atoms with Crippen LogP contribution in [0.4, 0.5) is 0 Å². The number of para-hydroxylation sites is 2. The normalized spacial score (nSPS) is 11.5. The number of benzene rings is 2. The molecule has 0 radical (unpaired) electrons. The summed E-state index contributed by atoms with van der Waals surface area (Å²) in [6.45, 7) is 0. The van der Waals surface area contributed by atoms with E-state index in [1.165, 1.54) is 16.5 Å². The van der Waals surface area contributed by atoms with Gasteiger partial charge in [-0.05, 0) is 36.0 Å². The minimum atomic E-state index is 0.771. The van der Waals surface area contributed by atoms with Crippen LogP contribution in [0.3, 0.4) is 0 Å². The van der Waals surface area contributed by atoms with Crippen LogP contribution in [-0.4, -0.2) is 24.7 Å². The second-order valence-electron chi connectivity index (χ2n) is 4.97. The second kappa shape index (κ2) is 5.66. The number of rotatable bonds is 3. The summed E-state index contributed by atoms with van der Waals surface area (Å²) in [6.07, 6.45) is 1.56. The average molecular weight is 367 g/mol. The Morgan fingerprint density at radius 2 is 1.54 bits per heavy atom. The first kappa shape index (κ1) is 14.1. The van der Waals surface area contributed by atoms with Crippen molar-refractivity contribution in [2.24, 2.45) is 0 Å². The fourth-order valence-corrected chi connectivity index (χ4v) is 5.32. The molecule has 0 bridgehead atoms. The Balaban J connectivity index is 1.54. The standard InChI is InChI=1S/C16H9N5S3/c1-3-7-12-10(5-1)19-15(22-12)21-14(17-9-18-21)24-16-20-11-6-2-4-8-13(11)23-16/h1-9H. The highest BCUT2D eigenvalue weighted by molar-refractivity contribution is 8.01. The molecule has 8 heteroatoms. The van der Waals surface area contributed by atoms with Crippen LogP contribution in [-0.2, 0) is 0 Å². The van der Waals surface area contributed by atoms with E-state index in [9.17, 15) is 0 Å². The van der Waals surface area contributed by atoms with Crippen molar-refractivity contribution in [2.45, 2.75) is 9.50 Å². The van der Waals surface area contributed by atoms with E-state index in [4.69, 9.17) is 0 Å². The van der Waals surface area contributed by atoms with E-state index in [2.05, 4.69) is 32.2 Å². The molecule has 5 aromatic rings. The van der Waals surface area contributed by atoms with Crippen molar-refractivity contribution in [2.75, 3.05) is 0 Å². The van der Waals surface area contributed by atoms with Gasteiger partial charge in [-0.15, -0.1) is 11.3 Å². The van der Waals surface area contributed by atoms with Gasteiger partial charge in [0.25, 0.3) is 0 Å². The zero-order valence-electron chi connectivity index (χ0n) is 12.2. The van der Waals surface area contributed by atoms with E-state index in [1.807, 2.05) is 36.4 Å². The van der Waals surface area contributed by atoms with Crippen LogP contribution in [0.1, 0.15) is 0 Å². The SMILES string of the molecule is c1ccc2sc(Sc3ncnn3-c3nc4ccccc4s3)nc2c1. The molecule has 0 saturated heterocycles. The Morgan fingerprint density at radius 1 is 0.833 bits per heavy atom. The van der Waals surface area contributed by atoms with E-state index < -0.39 is 0 Å². The van der Waals surface area contributed by atoms with Gasteiger partial charge in [-0.1, -0.05) is 35.6 Å². The minimum Gasteiger partial charge on any atom is -0.229 e. The maximum atomic E-state index is 4.65. The number of thiazole rings is 2. The average Bonchev–Trinajstić information content (AvgIpc) is 3.31. The highest BCUT2D eigenvalue weighted by Gasteiger charge is 2.15. The molecule has 5 nitrogen and oxygen atoms in total. The zero-order valence-corrected chi connectivity index (χ0v) is 14.6. The molecule has 24 heavy (non-hydrogen) atoms. The molecule has 0 amide bonds. The molecular weight excluding hydrogens is 358 g/mol. The van der Waals surface area contributed by atoms with Gasteiger partial charge in [-0.25, -0.2) is 15.0 Å². The first-order chi connectivity index (χ1) is 11.9. The zero-order chi connectivity index (χ0) is 15.9. The van der Waals surface area contributed by atoms with Crippen LogP contribution < -0.4 is 0 Å². The number of hydrogen-bond donors (Lipinski definition) is 0. The summed E-state index contributed by atoms with van der Waals surface area (Å²) in [5.74, 6) is 0. The molecule has 0 saturated carbocycles. The van der Waals surface area contributed by atoms with Crippen molar-refractivity contribution in [3.8, 4) is 5.13 Å². The molecule has 0 N–H and O–H groups in total. The van der Waals surface area contributed by atoms with Crippen molar-refractivity contribution in [1.29, 1.82) is 0 Å². The van der Waals surface area contributed by atoms with Gasteiger partial charge in [0.05, 0.1) is 20.4 Å². The van der Waals surface area contributed by atoms with Gasteiger partial charge < -0.3 is 0 Å². The third-order valence-corrected chi connectivity index (χ3v) is 6.50. The summed E-state index contributed by atoms with van der Waals surface area (Å²) < 4.78 is 5.04. The van der Waals surface area contributed by atoms with Gasteiger partial charge in [0.15, 0.2) is 9.50 Å². The maximum Gasteiger partial charge on any atom is 0.213 e. The van der Waals surface area contributed by atoms with Crippen LogP contribution in [0, 0.1) is 0 Å². The predicted octanol–water partition coefficient (Wildman–Crippen LogP) is 4.64. The summed E-state index contributed by atoms with van der Waals surface area (Å²) in [7, 11) is 0. The first-order valence-electron chi connectivity index (χ1n) is 7.16. The summed E-state index contributed by atoms with van der Waals surface area (Å²) >= 11 is 4.78. The Bertz CT molecular complexity index is 1090. The van der Waals surface area contributed by atoms with E-state index in [0.717, 1.165) is 30.4 Å². The summed E-state index contributed by atoms with van der Waals surface area (Å²) in [4.78, 5) is 13.7. The maximum absolute atomic E-state index is 4.65. The fraction of sp³-hybridized carbons (Fsp3) is 0. The van der Waals surface area contributed by atoms with E-state index >= 15 is 0 Å². The number of fused-ring (bicyclic) bond motifs is 2. The molecule has 0 unspecified atom stereocenters. The molecule has 116 valence electrons. The number of hydrogen-bond acceptors (Lipinski definition) is 7. The van der Waals surface area contributed by atoms with Gasteiger partial charge in [0.1, 0.15) is 6.33 Å². The Kier molecular flexibility index (Phi) is 3.32. The molecule has 3 aromatic heterocycles. The van der Waals surface area contributed by atoms with Crippen molar-refractivity contribution in [3.63, 3.8) is 0 Å². The largest absolute Gasteiger partial charge is 0.229 e. The number of nitrogens with zero attached hydrogens (tertiary/aromatic N) is 5. The molecular formula is C16H9N5S3. The Morgan fingerprint density at radius 3 is 2.29 bits per heavy atom. The van der Waals surface area contributed by atoms with Gasteiger partial charge in [-0.3, -0.25) is 0 Å². The molecule has 3 heterocycles. The van der Waals surface area contributed by atoms with Crippen LogP contribution in [0.2, 0.25) is 0 Å². The molecule has 5 rings (SSSR count). The second-order valence-corrected chi connectivity index (χ2v) is 8.22. The Labute approximate surface area is 149 Å². The van der Waals surface area contributed by atoms with Crippen molar-refractivity contribution in [1.82, 2.24) is 24.7 Å². The first-order valence-corrected chi connectivity index (χ1v) is 9.61. The van der Waals surface area contributed by atoms with Crippen LogP contribution in [0.25, 0.3) is 25.6 Å².